The Labute approximate surface area is 229 Å². The molecule has 0 aromatic carbocycles. The van der Waals surface area contributed by atoms with Gasteiger partial charge in [-0.2, -0.15) is 0 Å². The molecule has 0 saturated heterocycles. The van der Waals surface area contributed by atoms with Crippen molar-refractivity contribution in [3.8, 4) is 0 Å². The lowest BCUT2D eigenvalue weighted by Crippen LogP contribution is -2.40. The van der Waals surface area contributed by atoms with Crippen molar-refractivity contribution in [1.29, 1.82) is 0 Å². The summed E-state index contributed by atoms with van der Waals surface area (Å²) in [7, 11) is 0. The summed E-state index contributed by atoms with van der Waals surface area (Å²) in [6, 6.07) is 0. The first-order chi connectivity index (χ1) is 16.7. The Morgan fingerprint density at radius 2 is 0.778 bits per heavy atom. The largest absolute Gasteiger partial charge is 0.347 e. The molecule has 0 aromatic heterocycles. The van der Waals surface area contributed by atoms with Crippen LogP contribution in [-0.4, -0.2) is 17.5 Å². The van der Waals surface area contributed by atoms with Crippen molar-refractivity contribution in [3.63, 3.8) is 0 Å². The van der Waals surface area contributed by atoms with E-state index in [-0.39, 0.29) is 17.5 Å². The number of hydrogen-bond acceptors (Lipinski definition) is 2. The summed E-state index contributed by atoms with van der Waals surface area (Å²) in [6.07, 6.45) is 25.8. The van der Waals surface area contributed by atoms with Crippen LogP contribution in [0.2, 0.25) is 0 Å². The van der Waals surface area contributed by atoms with Gasteiger partial charge in [0, 0.05) is 5.92 Å². The van der Waals surface area contributed by atoms with E-state index in [1.165, 1.54) is 122 Å². The quantitative estimate of drug-likeness (QED) is 0.106. The second kappa shape index (κ2) is 19.9. The van der Waals surface area contributed by atoms with Crippen LogP contribution in [0.15, 0.2) is 0 Å². The summed E-state index contributed by atoms with van der Waals surface area (Å²) in [5.74, 6) is 0.502. The number of ether oxygens (including phenoxy) is 2. The van der Waals surface area contributed by atoms with E-state index < -0.39 is 0 Å². The van der Waals surface area contributed by atoms with Gasteiger partial charge < -0.3 is 9.47 Å². The number of hydrogen-bond donors (Lipinski definition) is 0. The van der Waals surface area contributed by atoms with Gasteiger partial charge in [0.1, 0.15) is 0 Å². The van der Waals surface area contributed by atoms with Gasteiger partial charge in [-0.15, -0.1) is 0 Å². The Morgan fingerprint density at radius 3 is 1.11 bits per heavy atom. The third-order valence-corrected chi connectivity index (χ3v) is 7.00. The molecule has 2 nitrogen and oxygen atoms in total. The van der Waals surface area contributed by atoms with Gasteiger partial charge in [-0.25, -0.2) is 0 Å². The Kier molecular flexibility index (Phi) is 19.9. The minimum atomic E-state index is -0.179. The van der Waals surface area contributed by atoms with Gasteiger partial charge in [0.2, 0.25) is 0 Å². The maximum Gasteiger partial charge on any atom is 0.161 e. The van der Waals surface area contributed by atoms with Crippen LogP contribution in [0, 0.1) is 11.3 Å². The lowest BCUT2D eigenvalue weighted by Gasteiger charge is -2.37. The maximum absolute atomic E-state index is 6.53. The zero-order chi connectivity index (χ0) is 27.5. The fourth-order valence-corrected chi connectivity index (χ4v) is 4.99. The van der Waals surface area contributed by atoms with Crippen molar-refractivity contribution >= 4 is 0 Å². The van der Waals surface area contributed by atoms with Gasteiger partial charge in [0.05, 0.1) is 11.2 Å². The number of unbranched alkanes of at least 4 members (excludes halogenated alkanes) is 14. The summed E-state index contributed by atoms with van der Waals surface area (Å²) in [4.78, 5) is 0. The molecule has 218 valence electrons. The van der Waals surface area contributed by atoms with E-state index in [0.717, 1.165) is 0 Å². The van der Waals surface area contributed by atoms with Crippen molar-refractivity contribution in [2.45, 2.75) is 209 Å². The highest BCUT2D eigenvalue weighted by Gasteiger charge is 2.31. The summed E-state index contributed by atoms with van der Waals surface area (Å²) < 4.78 is 13.1. The maximum atomic E-state index is 6.53. The number of rotatable bonds is 22. The molecule has 36 heavy (non-hydrogen) atoms. The first-order valence-electron chi connectivity index (χ1n) is 16.1. The first-order valence-corrected chi connectivity index (χ1v) is 16.1. The molecule has 2 heteroatoms. The molecule has 0 aromatic rings. The van der Waals surface area contributed by atoms with Crippen LogP contribution in [0.1, 0.15) is 191 Å². The topological polar surface area (TPSA) is 18.5 Å². The standard InChI is InChI=1S/C34H70O2/c1-11-12-13-14-18-21-24-27-30(31(35-33(5,6)7)36-34(8,9)10)28-25-22-19-16-15-17-20-23-26-29-32(2,3)4/h30-31H,11-29H2,1-10H3. The predicted octanol–water partition coefficient (Wildman–Crippen LogP) is 12.0. The first kappa shape index (κ1) is 35.9. The molecule has 0 radical (unpaired) electrons. The van der Waals surface area contributed by atoms with Gasteiger partial charge in [0.15, 0.2) is 6.29 Å². The third kappa shape index (κ3) is 25.6. The molecule has 0 amide bonds. The molecule has 0 rings (SSSR count). The van der Waals surface area contributed by atoms with E-state index in [4.69, 9.17) is 9.47 Å². The molecule has 0 aliphatic carbocycles. The zero-order valence-corrected chi connectivity index (χ0v) is 26.9. The fraction of sp³-hybridized carbons (Fsp3) is 1.00. The Bertz CT molecular complexity index is 461. The normalized spacial score (nSPS) is 14.1. The van der Waals surface area contributed by atoms with Gasteiger partial charge in [0.25, 0.3) is 0 Å². The minimum Gasteiger partial charge on any atom is -0.347 e. The summed E-state index contributed by atoms with van der Waals surface area (Å²) >= 11 is 0. The summed E-state index contributed by atoms with van der Waals surface area (Å²) in [6.45, 7) is 22.4. The molecule has 1 atom stereocenters. The van der Waals surface area contributed by atoms with Crippen molar-refractivity contribution in [2.24, 2.45) is 11.3 Å². The molecule has 0 spiro atoms. The van der Waals surface area contributed by atoms with Gasteiger partial charge >= 0.3 is 0 Å². The van der Waals surface area contributed by atoms with E-state index in [2.05, 4.69) is 69.2 Å². The average molecular weight is 511 g/mol. The van der Waals surface area contributed by atoms with E-state index in [1.807, 2.05) is 0 Å². The van der Waals surface area contributed by atoms with E-state index >= 15 is 0 Å². The second-order valence-corrected chi connectivity index (χ2v) is 14.8. The zero-order valence-electron chi connectivity index (χ0n) is 26.9. The van der Waals surface area contributed by atoms with Crippen LogP contribution in [0.25, 0.3) is 0 Å². The monoisotopic (exact) mass is 511 g/mol. The molecule has 0 bridgehead atoms. The molecular formula is C34H70O2. The van der Waals surface area contributed by atoms with Gasteiger partial charge in [-0.1, -0.05) is 130 Å². The predicted molar refractivity (Wildman–Crippen MR) is 162 cm³/mol. The van der Waals surface area contributed by atoms with Crippen LogP contribution in [0.5, 0.6) is 0 Å². The summed E-state index contributed by atoms with van der Waals surface area (Å²) in [5.41, 5.74) is 0.143. The van der Waals surface area contributed by atoms with Crippen molar-refractivity contribution in [3.05, 3.63) is 0 Å². The minimum absolute atomic E-state index is 0.0989. The smallest absolute Gasteiger partial charge is 0.161 e. The molecule has 0 fully saturated rings. The molecule has 0 aliphatic heterocycles. The van der Waals surface area contributed by atoms with Gasteiger partial charge in [-0.3, -0.25) is 0 Å². The Hall–Kier alpha value is -0.0800. The van der Waals surface area contributed by atoms with E-state index in [9.17, 15) is 0 Å². The Morgan fingerprint density at radius 1 is 0.444 bits per heavy atom. The van der Waals surface area contributed by atoms with Crippen molar-refractivity contribution in [2.75, 3.05) is 0 Å². The summed E-state index contributed by atoms with van der Waals surface area (Å²) in [5, 5.41) is 0. The van der Waals surface area contributed by atoms with Crippen LogP contribution >= 0.6 is 0 Å². The van der Waals surface area contributed by atoms with Crippen LogP contribution in [0.3, 0.4) is 0 Å². The molecule has 0 saturated carbocycles. The van der Waals surface area contributed by atoms with Gasteiger partial charge in [-0.05, 0) is 66.2 Å². The lowest BCUT2D eigenvalue weighted by molar-refractivity contribution is -0.257. The molecule has 0 aliphatic rings. The van der Waals surface area contributed by atoms with E-state index in [0.29, 0.717) is 11.3 Å². The average Bonchev–Trinajstić information content (AvgIpc) is 2.72. The highest BCUT2D eigenvalue weighted by Crippen LogP contribution is 2.30. The van der Waals surface area contributed by atoms with Crippen LogP contribution in [-0.2, 0) is 9.47 Å². The van der Waals surface area contributed by atoms with Crippen LogP contribution < -0.4 is 0 Å². The van der Waals surface area contributed by atoms with Crippen molar-refractivity contribution in [1.82, 2.24) is 0 Å². The van der Waals surface area contributed by atoms with Crippen LogP contribution in [0.4, 0.5) is 0 Å². The molecule has 0 N–H and O–H groups in total. The van der Waals surface area contributed by atoms with E-state index in [1.54, 1.807) is 0 Å². The fourth-order valence-electron chi connectivity index (χ4n) is 4.99. The lowest BCUT2D eigenvalue weighted by atomic mass is 9.89. The van der Waals surface area contributed by atoms with Crippen molar-refractivity contribution < 1.29 is 9.47 Å². The highest BCUT2D eigenvalue weighted by molar-refractivity contribution is 4.73. The molecule has 1 unspecified atom stereocenters. The molecular weight excluding hydrogens is 440 g/mol. The molecule has 0 heterocycles. The Balaban J connectivity index is 4.46. The third-order valence-electron chi connectivity index (χ3n) is 7.00. The SMILES string of the molecule is CCCCCCCCCC(CCCCCCCCCCCC(C)(C)C)C(OC(C)(C)C)OC(C)(C)C. The second-order valence-electron chi connectivity index (χ2n) is 14.8. The highest BCUT2D eigenvalue weighted by atomic mass is 16.7.